The van der Waals surface area contributed by atoms with Gasteiger partial charge in [0.25, 0.3) is 0 Å². The van der Waals surface area contributed by atoms with E-state index < -0.39 is 12.0 Å². The van der Waals surface area contributed by atoms with Crippen LogP contribution < -0.4 is 4.74 Å². The van der Waals surface area contributed by atoms with Crippen molar-refractivity contribution in [1.29, 1.82) is 0 Å². The number of piperazine rings is 1. The first-order valence-electron chi connectivity index (χ1n) is 15.4. The zero-order valence-corrected chi connectivity index (χ0v) is 26.7. The molecule has 0 aliphatic carbocycles. The average Bonchev–Trinajstić information content (AvgIpc) is 2.93. The van der Waals surface area contributed by atoms with Crippen molar-refractivity contribution in [2.45, 2.75) is 84.9 Å². The number of nitrogens with zero attached hydrogens (tertiary/aromatic N) is 3. The molecular weight excluding hydrogens is 571 g/mol. The van der Waals surface area contributed by atoms with Gasteiger partial charge in [-0.05, 0) is 68.2 Å². The smallest absolute Gasteiger partial charge is 0.444 e. The van der Waals surface area contributed by atoms with E-state index in [9.17, 15) is 22.8 Å². The Hall–Kier alpha value is -3.27. The number of rotatable bonds is 6. The fourth-order valence-corrected chi connectivity index (χ4v) is 6.19. The highest BCUT2D eigenvalue weighted by Gasteiger charge is 2.41. The van der Waals surface area contributed by atoms with Crippen LogP contribution in [0.4, 0.5) is 18.0 Å². The zero-order chi connectivity index (χ0) is 32.3. The third-order valence-electron chi connectivity index (χ3n) is 8.37. The Balaban J connectivity index is 1.47. The molecule has 2 fully saturated rings. The maximum Gasteiger partial charge on any atom is 0.573 e. The van der Waals surface area contributed by atoms with Crippen molar-refractivity contribution in [3.63, 3.8) is 0 Å². The predicted molar refractivity (Wildman–Crippen MR) is 163 cm³/mol. The molecule has 2 aliphatic rings. The highest BCUT2D eigenvalue weighted by atomic mass is 19.4. The number of piperidine rings is 1. The van der Waals surface area contributed by atoms with Gasteiger partial charge in [0.2, 0.25) is 5.91 Å². The van der Waals surface area contributed by atoms with Crippen LogP contribution in [0.1, 0.15) is 78.0 Å². The van der Waals surface area contributed by atoms with Crippen LogP contribution in [0, 0.1) is 11.3 Å². The number of benzene rings is 2. The van der Waals surface area contributed by atoms with E-state index in [2.05, 4.69) is 30.4 Å². The van der Waals surface area contributed by atoms with Gasteiger partial charge in [0.05, 0.1) is 6.04 Å². The fourth-order valence-electron chi connectivity index (χ4n) is 6.19. The summed E-state index contributed by atoms with van der Waals surface area (Å²) >= 11 is 0. The maximum absolute atomic E-state index is 13.8. The molecule has 10 heteroatoms. The number of halogens is 3. The normalized spacial score (nSPS) is 19.9. The number of carbonyl (C=O) groups excluding carboxylic acids is 2. The quantitative estimate of drug-likeness (QED) is 0.341. The standard InChI is InChI=1S/C34H46F3N3O4/c1-32(2,3)28-23-39(30(25-10-8-7-9-11-25)26-12-14-27(15-13-26)43-34(35,36)37)20-21-40(28)29(41)22-24-16-18-38(19-17-24)31(42)44-33(4,5)6/h7-15,24,28,30H,16-23H2,1-6H3/t28-,30?/m1/s1. The van der Waals surface area contributed by atoms with Gasteiger partial charge < -0.3 is 19.3 Å². The molecule has 2 amide bonds. The van der Waals surface area contributed by atoms with Gasteiger partial charge >= 0.3 is 12.5 Å². The topological polar surface area (TPSA) is 62.3 Å². The minimum Gasteiger partial charge on any atom is -0.444 e. The van der Waals surface area contributed by atoms with Crippen LogP contribution in [0.2, 0.25) is 0 Å². The van der Waals surface area contributed by atoms with Gasteiger partial charge in [0.1, 0.15) is 11.4 Å². The maximum atomic E-state index is 13.8. The molecule has 0 bridgehead atoms. The lowest BCUT2D eigenvalue weighted by Crippen LogP contribution is -2.60. The number of carbonyl (C=O) groups is 2. The van der Waals surface area contributed by atoms with Crippen LogP contribution in [0.25, 0.3) is 0 Å². The molecule has 0 spiro atoms. The molecule has 0 N–H and O–H groups in total. The molecule has 1 unspecified atom stereocenters. The largest absolute Gasteiger partial charge is 0.573 e. The van der Waals surface area contributed by atoms with Crippen LogP contribution in [0.3, 0.4) is 0 Å². The van der Waals surface area contributed by atoms with Gasteiger partial charge in [0, 0.05) is 45.2 Å². The highest BCUT2D eigenvalue weighted by molar-refractivity contribution is 5.77. The molecule has 2 saturated heterocycles. The monoisotopic (exact) mass is 617 g/mol. The summed E-state index contributed by atoms with van der Waals surface area (Å²) in [6.07, 6.45) is -3.10. The van der Waals surface area contributed by atoms with Gasteiger partial charge in [-0.15, -0.1) is 13.2 Å². The van der Waals surface area contributed by atoms with E-state index in [-0.39, 0.29) is 41.2 Å². The molecular formula is C34H46F3N3O4. The SMILES string of the molecule is CC(C)(C)OC(=O)N1CCC(CC(=O)N2CCN(C(c3ccccc3)c3ccc(OC(F)(F)F)cc3)C[C@@H]2C(C)(C)C)CC1. The minimum atomic E-state index is -4.75. The number of likely N-dealkylation sites (tertiary alicyclic amines) is 1. The molecule has 242 valence electrons. The van der Waals surface area contributed by atoms with E-state index in [4.69, 9.17) is 4.74 Å². The Morgan fingerprint density at radius 2 is 1.43 bits per heavy atom. The summed E-state index contributed by atoms with van der Waals surface area (Å²) in [5.41, 5.74) is 1.13. The lowest BCUT2D eigenvalue weighted by Gasteiger charge is -2.50. The lowest BCUT2D eigenvalue weighted by atomic mass is 9.82. The first kappa shape index (κ1) is 33.6. The molecule has 7 nitrogen and oxygen atoms in total. The molecule has 2 atom stereocenters. The predicted octanol–water partition coefficient (Wildman–Crippen LogP) is 7.27. The van der Waals surface area contributed by atoms with Gasteiger partial charge in [0.15, 0.2) is 0 Å². The molecule has 0 aromatic heterocycles. The summed E-state index contributed by atoms with van der Waals surface area (Å²) in [6.45, 7) is 14.9. The van der Waals surface area contributed by atoms with E-state index in [1.807, 2.05) is 56.0 Å². The van der Waals surface area contributed by atoms with Gasteiger partial charge in [-0.1, -0.05) is 63.2 Å². The molecule has 44 heavy (non-hydrogen) atoms. The lowest BCUT2D eigenvalue weighted by molar-refractivity contribution is -0.274. The second kappa shape index (κ2) is 13.4. The van der Waals surface area contributed by atoms with Crippen molar-refractivity contribution >= 4 is 12.0 Å². The van der Waals surface area contributed by atoms with Gasteiger partial charge in [-0.2, -0.15) is 0 Å². The third kappa shape index (κ3) is 9.13. The summed E-state index contributed by atoms with van der Waals surface area (Å²) in [7, 11) is 0. The molecule has 2 aromatic carbocycles. The summed E-state index contributed by atoms with van der Waals surface area (Å²) in [6, 6.07) is 15.7. The van der Waals surface area contributed by atoms with Crippen LogP contribution in [-0.2, 0) is 9.53 Å². The van der Waals surface area contributed by atoms with Crippen LogP contribution in [0.5, 0.6) is 5.75 Å². The van der Waals surface area contributed by atoms with Crippen molar-refractivity contribution in [2.24, 2.45) is 11.3 Å². The average molecular weight is 618 g/mol. The number of alkyl halides is 3. The Bertz CT molecular complexity index is 1250. The first-order valence-corrected chi connectivity index (χ1v) is 15.4. The van der Waals surface area contributed by atoms with E-state index in [0.29, 0.717) is 39.1 Å². The Morgan fingerprint density at radius 1 is 0.841 bits per heavy atom. The van der Waals surface area contributed by atoms with Gasteiger partial charge in [-0.3, -0.25) is 9.69 Å². The summed E-state index contributed by atoms with van der Waals surface area (Å²) in [5.74, 6) is 0.0764. The van der Waals surface area contributed by atoms with Crippen molar-refractivity contribution in [2.75, 3.05) is 32.7 Å². The number of amides is 2. The highest BCUT2D eigenvalue weighted by Crippen LogP contribution is 2.37. The van der Waals surface area contributed by atoms with Crippen LogP contribution >= 0.6 is 0 Å². The Labute approximate surface area is 259 Å². The minimum absolute atomic E-state index is 0.0651. The van der Waals surface area contributed by atoms with E-state index >= 15 is 0 Å². The Kier molecular flexibility index (Phi) is 10.2. The summed E-state index contributed by atoms with van der Waals surface area (Å²) in [4.78, 5) is 32.4. The second-order valence-corrected chi connectivity index (χ2v) is 14.0. The molecule has 2 aliphatic heterocycles. The van der Waals surface area contributed by atoms with Crippen molar-refractivity contribution in [3.8, 4) is 5.75 Å². The molecule has 2 aromatic rings. The Morgan fingerprint density at radius 3 is 1.98 bits per heavy atom. The van der Waals surface area contributed by atoms with Gasteiger partial charge in [-0.25, -0.2) is 4.79 Å². The van der Waals surface area contributed by atoms with E-state index in [1.54, 1.807) is 17.0 Å². The zero-order valence-electron chi connectivity index (χ0n) is 26.7. The number of hydrogen-bond donors (Lipinski definition) is 0. The number of hydrogen-bond acceptors (Lipinski definition) is 5. The van der Waals surface area contributed by atoms with E-state index in [1.165, 1.54) is 12.1 Å². The van der Waals surface area contributed by atoms with E-state index in [0.717, 1.165) is 24.0 Å². The number of ether oxygens (including phenoxy) is 2. The molecule has 2 heterocycles. The van der Waals surface area contributed by atoms with Crippen LogP contribution in [0.15, 0.2) is 54.6 Å². The first-order chi connectivity index (χ1) is 20.5. The summed E-state index contributed by atoms with van der Waals surface area (Å²) < 4.78 is 48.0. The molecule has 0 saturated carbocycles. The van der Waals surface area contributed by atoms with Crippen molar-refractivity contribution in [3.05, 3.63) is 65.7 Å². The van der Waals surface area contributed by atoms with Crippen LogP contribution in [-0.4, -0.2) is 77.4 Å². The molecule has 4 rings (SSSR count). The third-order valence-corrected chi connectivity index (χ3v) is 8.37. The second-order valence-electron chi connectivity index (χ2n) is 14.0. The summed E-state index contributed by atoms with van der Waals surface area (Å²) in [5, 5.41) is 0. The van der Waals surface area contributed by atoms with Crippen molar-refractivity contribution < 1.29 is 32.2 Å². The fraction of sp³-hybridized carbons (Fsp3) is 0.588. The van der Waals surface area contributed by atoms with Crippen molar-refractivity contribution in [1.82, 2.24) is 14.7 Å². The molecule has 0 radical (unpaired) electrons.